The van der Waals surface area contributed by atoms with Gasteiger partial charge in [-0.3, -0.25) is 4.98 Å². The average Bonchev–Trinajstić information content (AvgIpc) is 3.51. The molecule has 8 rings (SSSR count). The normalized spacial score (nSPS) is 11.7. The Morgan fingerprint density at radius 2 is 1.13 bits per heavy atom. The van der Waals surface area contributed by atoms with Crippen LogP contribution in [0.2, 0.25) is 0 Å². The summed E-state index contributed by atoms with van der Waals surface area (Å²) in [5, 5.41) is 5.02. The van der Waals surface area contributed by atoms with E-state index >= 15 is 0 Å². The molecule has 3 aromatic heterocycles. The monoisotopic (exact) mass is 485 g/mol. The number of aromatic nitrogens is 3. The summed E-state index contributed by atoms with van der Waals surface area (Å²) < 4.78 is 4.83. The molecule has 0 radical (unpaired) electrons. The van der Waals surface area contributed by atoms with Crippen LogP contribution in [0.1, 0.15) is 0 Å². The first-order valence-corrected chi connectivity index (χ1v) is 12.9. The first-order valence-electron chi connectivity index (χ1n) is 12.9. The van der Waals surface area contributed by atoms with Crippen molar-refractivity contribution in [3.63, 3.8) is 0 Å². The van der Waals surface area contributed by atoms with Gasteiger partial charge in [-0.15, -0.1) is 0 Å². The fourth-order valence-corrected chi connectivity index (χ4v) is 6.04. The van der Waals surface area contributed by atoms with Crippen molar-refractivity contribution in [2.45, 2.75) is 0 Å². The molecule has 0 aliphatic heterocycles. The van der Waals surface area contributed by atoms with Crippen LogP contribution in [0.15, 0.2) is 140 Å². The smallest absolute Gasteiger partial charge is 0.0641 e. The molecular formula is C35H23N3. The third-order valence-corrected chi connectivity index (χ3v) is 7.61. The Morgan fingerprint density at radius 1 is 0.474 bits per heavy atom. The summed E-state index contributed by atoms with van der Waals surface area (Å²) in [4.78, 5) is 4.51. The molecule has 0 amide bonds. The van der Waals surface area contributed by atoms with Gasteiger partial charge in [0.05, 0.1) is 27.8 Å². The quantitative estimate of drug-likeness (QED) is 0.245. The molecule has 0 saturated carbocycles. The van der Waals surface area contributed by atoms with E-state index in [0.29, 0.717) is 0 Å². The van der Waals surface area contributed by atoms with Crippen molar-refractivity contribution in [2.24, 2.45) is 0 Å². The fraction of sp³-hybridized carbons (Fsp3) is 0. The van der Waals surface area contributed by atoms with Crippen LogP contribution >= 0.6 is 0 Å². The predicted molar refractivity (Wildman–Crippen MR) is 158 cm³/mol. The van der Waals surface area contributed by atoms with Crippen molar-refractivity contribution in [2.75, 3.05) is 0 Å². The van der Waals surface area contributed by atoms with Crippen molar-refractivity contribution in [1.82, 2.24) is 14.1 Å². The molecule has 5 aromatic carbocycles. The van der Waals surface area contributed by atoms with Gasteiger partial charge in [0.2, 0.25) is 0 Å². The van der Waals surface area contributed by atoms with Crippen LogP contribution in [-0.4, -0.2) is 14.1 Å². The molecule has 3 heteroatoms. The molecule has 0 aliphatic rings. The van der Waals surface area contributed by atoms with Gasteiger partial charge in [-0.05, 0) is 42.0 Å². The van der Waals surface area contributed by atoms with E-state index in [4.69, 9.17) is 0 Å². The number of para-hydroxylation sites is 3. The lowest BCUT2D eigenvalue weighted by Crippen LogP contribution is -1.98. The van der Waals surface area contributed by atoms with E-state index in [1.807, 2.05) is 12.4 Å². The maximum atomic E-state index is 4.51. The maximum absolute atomic E-state index is 4.51. The SMILES string of the molecule is c1ccc(-c2cnccc2-n2c3ccccc3c3c2ccc2c4ccccc4n(-c4ccccc4)c23)cc1. The molecule has 0 bridgehead atoms. The van der Waals surface area contributed by atoms with Gasteiger partial charge in [-0.25, -0.2) is 0 Å². The summed E-state index contributed by atoms with van der Waals surface area (Å²) in [6.07, 6.45) is 3.87. The summed E-state index contributed by atoms with van der Waals surface area (Å²) in [5.74, 6) is 0. The van der Waals surface area contributed by atoms with Crippen LogP contribution in [-0.2, 0) is 0 Å². The molecule has 0 N–H and O–H groups in total. The van der Waals surface area contributed by atoms with Gasteiger partial charge in [0.15, 0.2) is 0 Å². The lowest BCUT2D eigenvalue weighted by Gasteiger charge is -2.13. The highest BCUT2D eigenvalue weighted by molar-refractivity contribution is 6.26. The number of pyridine rings is 1. The van der Waals surface area contributed by atoms with E-state index in [1.165, 1.54) is 43.6 Å². The summed E-state index contributed by atoms with van der Waals surface area (Å²) in [5.41, 5.74) is 9.37. The Hall–Kier alpha value is -5.15. The minimum absolute atomic E-state index is 1.11. The van der Waals surface area contributed by atoms with E-state index in [9.17, 15) is 0 Å². The maximum Gasteiger partial charge on any atom is 0.0641 e. The largest absolute Gasteiger partial charge is 0.309 e. The summed E-state index contributed by atoms with van der Waals surface area (Å²) in [6.45, 7) is 0. The van der Waals surface area contributed by atoms with E-state index in [-0.39, 0.29) is 0 Å². The predicted octanol–water partition coefficient (Wildman–Crippen LogP) is 8.94. The lowest BCUT2D eigenvalue weighted by atomic mass is 10.1. The topological polar surface area (TPSA) is 22.8 Å². The van der Waals surface area contributed by atoms with E-state index in [1.54, 1.807) is 0 Å². The number of rotatable bonds is 3. The Morgan fingerprint density at radius 3 is 1.92 bits per heavy atom. The van der Waals surface area contributed by atoms with Crippen LogP contribution in [0.3, 0.4) is 0 Å². The first-order chi connectivity index (χ1) is 18.9. The molecule has 178 valence electrons. The van der Waals surface area contributed by atoms with Crippen LogP contribution in [0.4, 0.5) is 0 Å². The highest BCUT2D eigenvalue weighted by Crippen LogP contribution is 2.42. The standard InChI is InChI=1S/C35H23N3/c1-3-11-24(12-4-1)29-23-36-22-21-32(29)38-31-18-10-8-16-28(31)34-33(38)20-19-27-26-15-7-9-17-30(26)37(35(27)34)25-13-5-2-6-14-25/h1-23H. The van der Waals surface area contributed by atoms with Crippen LogP contribution < -0.4 is 0 Å². The minimum atomic E-state index is 1.11. The molecule has 3 heterocycles. The minimum Gasteiger partial charge on any atom is -0.309 e. The van der Waals surface area contributed by atoms with E-state index in [0.717, 1.165) is 22.5 Å². The van der Waals surface area contributed by atoms with E-state index < -0.39 is 0 Å². The fourth-order valence-electron chi connectivity index (χ4n) is 6.04. The number of hydrogen-bond acceptors (Lipinski definition) is 1. The molecule has 0 fully saturated rings. The molecule has 0 saturated heterocycles. The summed E-state index contributed by atoms with van der Waals surface area (Å²) in [6, 6.07) is 45.4. The van der Waals surface area contributed by atoms with Gasteiger partial charge >= 0.3 is 0 Å². The second-order valence-corrected chi connectivity index (χ2v) is 9.66. The molecule has 0 spiro atoms. The number of fused-ring (bicyclic) bond motifs is 7. The lowest BCUT2D eigenvalue weighted by molar-refractivity contribution is 1.16. The molecule has 3 nitrogen and oxygen atoms in total. The highest BCUT2D eigenvalue weighted by Gasteiger charge is 2.21. The molecule has 0 aliphatic carbocycles. The van der Waals surface area contributed by atoms with Crippen molar-refractivity contribution >= 4 is 43.6 Å². The molecular weight excluding hydrogens is 462 g/mol. The zero-order valence-corrected chi connectivity index (χ0v) is 20.6. The highest BCUT2D eigenvalue weighted by atomic mass is 15.0. The average molecular weight is 486 g/mol. The zero-order valence-electron chi connectivity index (χ0n) is 20.6. The van der Waals surface area contributed by atoms with E-state index in [2.05, 4.69) is 142 Å². The third kappa shape index (κ3) is 2.93. The Labute approximate surface area is 219 Å². The zero-order chi connectivity index (χ0) is 25.1. The summed E-state index contributed by atoms with van der Waals surface area (Å²) >= 11 is 0. The van der Waals surface area contributed by atoms with Crippen molar-refractivity contribution in [3.05, 3.63) is 140 Å². The number of hydrogen-bond donors (Lipinski definition) is 0. The van der Waals surface area contributed by atoms with Gasteiger partial charge in [0.25, 0.3) is 0 Å². The third-order valence-electron chi connectivity index (χ3n) is 7.61. The number of nitrogens with zero attached hydrogens (tertiary/aromatic N) is 3. The van der Waals surface area contributed by atoms with Crippen molar-refractivity contribution in [1.29, 1.82) is 0 Å². The van der Waals surface area contributed by atoms with Gasteiger partial charge in [-0.2, -0.15) is 0 Å². The van der Waals surface area contributed by atoms with Crippen LogP contribution in [0.25, 0.3) is 66.1 Å². The van der Waals surface area contributed by atoms with Gasteiger partial charge in [-0.1, -0.05) is 91.0 Å². The molecule has 0 atom stereocenters. The van der Waals surface area contributed by atoms with Crippen LogP contribution in [0, 0.1) is 0 Å². The molecule has 0 unspecified atom stereocenters. The number of benzene rings is 5. The van der Waals surface area contributed by atoms with Gasteiger partial charge in [0, 0.05) is 45.2 Å². The Kier molecular flexibility index (Phi) is 4.52. The van der Waals surface area contributed by atoms with Gasteiger partial charge in [0.1, 0.15) is 0 Å². The molecule has 8 aromatic rings. The summed E-state index contributed by atoms with van der Waals surface area (Å²) in [7, 11) is 0. The van der Waals surface area contributed by atoms with Crippen molar-refractivity contribution in [3.8, 4) is 22.5 Å². The molecule has 38 heavy (non-hydrogen) atoms. The Bertz CT molecular complexity index is 2120. The second kappa shape index (κ2) is 8.19. The first kappa shape index (κ1) is 21.0. The van der Waals surface area contributed by atoms with Crippen LogP contribution in [0.5, 0.6) is 0 Å². The Balaban J connectivity index is 1.58. The van der Waals surface area contributed by atoms with Gasteiger partial charge < -0.3 is 9.13 Å². The second-order valence-electron chi connectivity index (χ2n) is 9.66. The van der Waals surface area contributed by atoms with Crippen molar-refractivity contribution < 1.29 is 0 Å².